The normalized spacial score (nSPS) is 12.1. The van der Waals surface area contributed by atoms with Gasteiger partial charge in [-0.3, -0.25) is 0 Å². The fourth-order valence-corrected chi connectivity index (χ4v) is 3.05. The van der Waals surface area contributed by atoms with Crippen LogP contribution in [0.15, 0.2) is 59.5 Å². The molecule has 0 saturated heterocycles. The molecule has 0 unspecified atom stereocenters. The van der Waals surface area contributed by atoms with Crippen molar-refractivity contribution in [1.29, 1.82) is 0 Å². The van der Waals surface area contributed by atoms with Crippen molar-refractivity contribution in [1.82, 2.24) is 4.72 Å². The van der Waals surface area contributed by atoms with Crippen LogP contribution in [0.3, 0.4) is 0 Å². The molecule has 2 rings (SSSR count). The molecule has 20 heavy (non-hydrogen) atoms. The van der Waals surface area contributed by atoms with E-state index >= 15 is 0 Å². The molecule has 3 nitrogen and oxygen atoms in total. The zero-order chi connectivity index (χ0) is 14.2. The van der Waals surface area contributed by atoms with Gasteiger partial charge in [0.2, 0.25) is 0 Å². The second-order valence-electron chi connectivity index (χ2n) is 4.19. The third-order valence-electron chi connectivity index (χ3n) is 2.53. The highest BCUT2D eigenvalue weighted by Gasteiger charge is 2.02. The predicted octanol–water partition coefficient (Wildman–Crippen LogP) is 3.33. The van der Waals surface area contributed by atoms with Crippen LogP contribution >= 0.6 is 11.8 Å². The molecule has 0 aromatic heterocycles. The van der Waals surface area contributed by atoms with Crippen LogP contribution in [0.2, 0.25) is 0 Å². The van der Waals surface area contributed by atoms with E-state index in [9.17, 15) is 4.21 Å². The van der Waals surface area contributed by atoms with Crippen LogP contribution in [-0.2, 0) is 11.3 Å². The summed E-state index contributed by atoms with van der Waals surface area (Å²) in [6.45, 7) is 2.62. The van der Waals surface area contributed by atoms with Crippen molar-refractivity contribution in [2.45, 2.75) is 11.8 Å². The van der Waals surface area contributed by atoms with E-state index in [1.54, 1.807) is 11.8 Å². The van der Waals surface area contributed by atoms with Crippen molar-refractivity contribution in [2.75, 3.05) is 12.3 Å². The van der Waals surface area contributed by atoms with Gasteiger partial charge in [0.25, 0.3) is 11.3 Å². The fraction of sp³-hybridized carbons (Fsp3) is 0.200. The second-order valence-corrected chi connectivity index (χ2v) is 6.28. The van der Waals surface area contributed by atoms with Crippen molar-refractivity contribution in [3.05, 3.63) is 60.2 Å². The van der Waals surface area contributed by atoms with Crippen molar-refractivity contribution in [3.8, 4) is 5.75 Å². The van der Waals surface area contributed by atoms with Gasteiger partial charge in [-0.05, 0) is 31.2 Å². The zero-order valence-electron chi connectivity index (χ0n) is 11.2. The molecule has 106 valence electrons. The first-order valence-corrected chi connectivity index (χ1v) is 8.38. The van der Waals surface area contributed by atoms with Crippen molar-refractivity contribution in [3.63, 3.8) is 0 Å². The van der Waals surface area contributed by atoms with E-state index in [4.69, 9.17) is 4.18 Å². The summed E-state index contributed by atoms with van der Waals surface area (Å²) in [5.74, 6) is 1.45. The maximum Gasteiger partial charge on any atom is 0.288 e. The van der Waals surface area contributed by atoms with Gasteiger partial charge in [0.15, 0.2) is 0 Å². The van der Waals surface area contributed by atoms with E-state index in [0.717, 1.165) is 11.3 Å². The van der Waals surface area contributed by atoms with E-state index in [2.05, 4.69) is 16.9 Å². The second kappa shape index (κ2) is 8.09. The SMILES string of the molecule is Cc1ccc(O[S@](=O)NCCSc2ccccc2)cc1. The molecule has 0 saturated carbocycles. The van der Waals surface area contributed by atoms with E-state index in [1.807, 2.05) is 49.4 Å². The van der Waals surface area contributed by atoms with Crippen LogP contribution in [0.4, 0.5) is 0 Å². The standard InChI is InChI=1S/C15H17NO2S2/c1-13-7-9-14(10-8-13)18-20(17)16-11-12-19-15-5-3-2-4-6-15/h2-10,16H,11-12H2,1H3/t20-/m0/s1. The van der Waals surface area contributed by atoms with Crippen LogP contribution in [0.1, 0.15) is 5.56 Å². The topological polar surface area (TPSA) is 38.3 Å². The average molecular weight is 307 g/mol. The lowest BCUT2D eigenvalue weighted by molar-refractivity contribution is 0.550. The quantitative estimate of drug-likeness (QED) is 0.630. The summed E-state index contributed by atoms with van der Waals surface area (Å²) in [6, 6.07) is 17.6. The van der Waals surface area contributed by atoms with Gasteiger partial charge in [0.1, 0.15) is 5.75 Å². The molecule has 2 aromatic rings. The molecule has 0 amide bonds. The highest BCUT2D eigenvalue weighted by molar-refractivity contribution is 7.99. The minimum atomic E-state index is -1.50. The molecule has 0 bridgehead atoms. The minimum Gasteiger partial charge on any atom is -0.389 e. The Balaban J connectivity index is 1.66. The van der Waals surface area contributed by atoms with Gasteiger partial charge in [-0.15, -0.1) is 11.8 Å². The first-order valence-electron chi connectivity index (χ1n) is 6.32. The molecule has 0 aliphatic carbocycles. The maximum absolute atomic E-state index is 11.7. The van der Waals surface area contributed by atoms with Gasteiger partial charge in [-0.2, -0.15) is 4.21 Å². The lowest BCUT2D eigenvalue weighted by Gasteiger charge is -2.06. The Labute approximate surface area is 126 Å². The Bertz CT molecular complexity index is 544. The number of nitrogens with one attached hydrogen (secondary N) is 1. The summed E-state index contributed by atoms with van der Waals surface area (Å²) in [4.78, 5) is 1.21. The van der Waals surface area contributed by atoms with Crippen LogP contribution in [0, 0.1) is 6.92 Å². The predicted molar refractivity (Wildman–Crippen MR) is 85.1 cm³/mol. The average Bonchev–Trinajstić information content (AvgIpc) is 2.47. The van der Waals surface area contributed by atoms with E-state index < -0.39 is 11.3 Å². The van der Waals surface area contributed by atoms with E-state index in [1.165, 1.54) is 4.90 Å². The molecule has 0 radical (unpaired) electrons. The number of benzene rings is 2. The van der Waals surface area contributed by atoms with Gasteiger partial charge >= 0.3 is 0 Å². The Kier molecular flexibility index (Phi) is 6.11. The molecule has 2 aromatic carbocycles. The summed E-state index contributed by atoms with van der Waals surface area (Å²) >= 11 is 0.219. The van der Waals surface area contributed by atoms with E-state index in [-0.39, 0.29) is 0 Å². The monoisotopic (exact) mass is 307 g/mol. The van der Waals surface area contributed by atoms with Crippen molar-refractivity contribution in [2.24, 2.45) is 0 Å². The third kappa shape index (κ3) is 5.36. The molecular weight excluding hydrogens is 290 g/mol. The summed E-state index contributed by atoms with van der Waals surface area (Å²) < 4.78 is 19.8. The lowest BCUT2D eigenvalue weighted by Crippen LogP contribution is -2.23. The summed E-state index contributed by atoms with van der Waals surface area (Å²) in [7, 11) is 0. The smallest absolute Gasteiger partial charge is 0.288 e. The van der Waals surface area contributed by atoms with Crippen LogP contribution in [0.5, 0.6) is 5.75 Å². The van der Waals surface area contributed by atoms with Gasteiger partial charge in [0.05, 0.1) is 0 Å². The number of aryl methyl sites for hydroxylation is 1. The number of rotatable bonds is 7. The van der Waals surface area contributed by atoms with Crippen LogP contribution in [0.25, 0.3) is 0 Å². The molecule has 0 fully saturated rings. The van der Waals surface area contributed by atoms with Gasteiger partial charge in [0, 0.05) is 17.2 Å². The summed E-state index contributed by atoms with van der Waals surface area (Å²) in [5.41, 5.74) is 1.15. The molecule has 1 N–H and O–H groups in total. The van der Waals surface area contributed by atoms with Gasteiger partial charge in [-0.1, -0.05) is 35.9 Å². The zero-order valence-corrected chi connectivity index (χ0v) is 12.9. The van der Waals surface area contributed by atoms with E-state index in [0.29, 0.717) is 12.3 Å². The van der Waals surface area contributed by atoms with Gasteiger partial charge in [-0.25, -0.2) is 4.72 Å². The summed E-state index contributed by atoms with van der Waals surface area (Å²) in [5, 5.41) is 0. The largest absolute Gasteiger partial charge is 0.389 e. The summed E-state index contributed by atoms with van der Waals surface area (Å²) in [6.07, 6.45) is 0. The molecule has 1 atom stereocenters. The Morgan fingerprint density at radius 1 is 1.10 bits per heavy atom. The Morgan fingerprint density at radius 2 is 1.80 bits per heavy atom. The minimum absolute atomic E-state index is 0.608. The van der Waals surface area contributed by atoms with Crippen molar-refractivity contribution < 1.29 is 8.39 Å². The maximum atomic E-state index is 11.7. The fourth-order valence-electron chi connectivity index (χ4n) is 1.52. The molecule has 0 heterocycles. The molecule has 0 aliphatic rings. The molecule has 5 heteroatoms. The van der Waals surface area contributed by atoms with Crippen LogP contribution < -0.4 is 8.91 Å². The number of thioether (sulfide) groups is 1. The van der Waals surface area contributed by atoms with Gasteiger partial charge < -0.3 is 4.18 Å². The lowest BCUT2D eigenvalue weighted by atomic mass is 10.2. The number of hydrogen-bond acceptors (Lipinski definition) is 3. The first-order chi connectivity index (χ1) is 9.74. The third-order valence-corrected chi connectivity index (χ3v) is 4.32. The molecule has 0 aliphatic heterocycles. The Hall–Kier alpha value is -1.30. The highest BCUT2D eigenvalue weighted by Crippen LogP contribution is 2.16. The highest BCUT2D eigenvalue weighted by atomic mass is 32.2. The molecular formula is C15H17NO2S2. The Morgan fingerprint density at radius 3 is 2.50 bits per heavy atom. The molecule has 0 spiro atoms. The van der Waals surface area contributed by atoms with Crippen molar-refractivity contribution >= 4 is 23.0 Å². The number of hydrogen-bond donors (Lipinski definition) is 1. The van der Waals surface area contributed by atoms with Crippen LogP contribution in [-0.4, -0.2) is 16.5 Å². The first kappa shape index (κ1) is 15.1.